The van der Waals surface area contributed by atoms with E-state index in [2.05, 4.69) is 15.6 Å². The van der Waals surface area contributed by atoms with Crippen LogP contribution in [0.4, 0.5) is 11.4 Å². The highest BCUT2D eigenvalue weighted by Gasteiger charge is 2.08. The van der Waals surface area contributed by atoms with Crippen LogP contribution < -0.4 is 10.6 Å². The lowest BCUT2D eigenvalue weighted by atomic mass is 10.2. The summed E-state index contributed by atoms with van der Waals surface area (Å²) >= 11 is 11.9. The topological polar surface area (TPSA) is 54.0 Å². The first-order chi connectivity index (χ1) is 10.1. The molecule has 0 spiro atoms. The minimum atomic E-state index is -0.270. The molecule has 0 atom stereocenters. The van der Waals surface area contributed by atoms with Gasteiger partial charge in [-0.25, -0.2) is 0 Å². The summed E-state index contributed by atoms with van der Waals surface area (Å²) in [7, 11) is 1.74. The number of hydrogen-bond donors (Lipinski definition) is 2. The molecule has 0 aliphatic rings. The summed E-state index contributed by atoms with van der Waals surface area (Å²) in [6.07, 6.45) is 6.45. The van der Waals surface area contributed by atoms with Crippen LogP contribution in [0.5, 0.6) is 0 Å². The predicted octanol–water partition coefficient (Wildman–Crippen LogP) is 4.08. The van der Waals surface area contributed by atoms with Crippen molar-refractivity contribution in [1.29, 1.82) is 0 Å². The Labute approximate surface area is 132 Å². The monoisotopic (exact) mass is 321 g/mol. The highest BCUT2D eigenvalue weighted by molar-refractivity contribution is 6.42. The van der Waals surface area contributed by atoms with Gasteiger partial charge in [-0.15, -0.1) is 0 Å². The van der Waals surface area contributed by atoms with Gasteiger partial charge in [-0.1, -0.05) is 29.3 Å². The summed E-state index contributed by atoms with van der Waals surface area (Å²) in [6, 6.07) is 6.92. The van der Waals surface area contributed by atoms with Crippen molar-refractivity contribution >= 4 is 46.6 Å². The summed E-state index contributed by atoms with van der Waals surface area (Å²) < 4.78 is 0. The zero-order valence-electron chi connectivity index (χ0n) is 11.2. The fourth-order valence-corrected chi connectivity index (χ4v) is 2.01. The molecule has 0 saturated carbocycles. The first-order valence-corrected chi connectivity index (χ1v) is 6.91. The van der Waals surface area contributed by atoms with Crippen molar-refractivity contribution in [1.82, 2.24) is 4.98 Å². The van der Waals surface area contributed by atoms with Gasteiger partial charge in [-0.3, -0.25) is 9.78 Å². The van der Waals surface area contributed by atoms with Crippen molar-refractivity contribution in [3.05, 3.63) is 58.3 Å². The third-order valence-corrected chi connectivity index (χ3v) is 3.42. The molecule has 0 unspecified atom stereocenters. The number of nitrogens with one attached hydrogen (secondary N) is 2. The zero-order valence-corrected chi connectivity index (χ0v) is 12.7. The fourth-order valence-electron chi connectivity index (χ4n) is 1.68. The summed E-state index contributed by atoms with van der Waals surface area (Å²) in [5.74, 6) is -0.270. The molecule has 1 aromatic heterocycles. The Morgan fingerprint density at radius 2 is 1.95 bits per heavy atom. The molecule has 2 N–H and O–H groups in total. The summed E-state index contributed by atoms with van der Waals surface area (Å²) in [6.45, 7) is 0. The Morgan fingerprint density at radius 1 is 1.24 bits per heavy atom. The number of amides is 1. The molecular formula is C15H13Cl2N3O. The van der Waals surface area contributed by atoms with E-state index in [0.29, 0.717) is 21.4 Å². The van der Waals surface area contributed by atoms with Gasteiger partial charge in [0.2, 0.25) is 5.91 Å². The minimum absolute atomic E-state index is 0.270. The van der Waals surface area contributed by atoms with Gasteiger partial charge in [-0.05, 0) is 29.8 Å². The third-order valence-electron chi connectivity index (χ3n) is 2.70. The predicted molar refractivity (Wildman–Crippen MR) is 87.9 cm³/mol. The first kappa shape index (κ1) is 15.4. The highest BCUT2D eigenvalue weighted by Crippen LogP contribution is 2.32. The molecule has 4 nitrogen and oxygen atoms in total. The quantitative estimate of drug-likeness (QED) is 0.834. The van der Waals surface area contributed by atoms with Crippen LogP contribution in [0, 0.1) is 0 Å². The second-order valence-electron chi connectivity index (χ2n) is 4.17. The average Bonchev–Trinajstić information content (AvgIpc) is 2.49. The standard InChI is InChI=1S/C15H13Cl2N3O/c1-18-13-7-11(16)12(17)8-14(13)20-15(21)5-4-10-3-2-6-19-9-10/h2-9,18H,1H3,(H,20,21)/b5-4+. The van der Waals surface area contributed by atoms with Gasteiger partial charge in [0.25, 0.3) is 0 Å². The van der Waals surface area contributed by atoms with Crippen molar-refractivity contribution < 1.29 is 4.79 Å². The van der Waals surface area contributed by atoms with Crippen molar-refractivity contribution in [2.75, 3.05) is 17.7 Å². The first-order valence-electron chi connectivity index (χ1n) is 6.16. The number of anilines is 2. The molecule has 2 aromatic rings. The smallest absolute Gasteiger partial charge is 0.248 e. The number of nitrogens with zero attached hydrogens (tertiary/aromatic N) is 1. The van der Waals surface area contributed by atoms with E-state index < -0.39 is 0 Å². The van der Waals surface area contributed by atoms with E-state index in [0.717, 1.165) is 5.56 Å². The maximum absolute atomic E-state index is 11.9. The normalized spacial score (nSPS) is 10.6. The molecule has 1 heterocycles. The molecule has 0 fully saturated rings. The molecule has 0 saturated heterocycles. The lowest BCUT2D eigenvalue weighted by Gasteiger charge is -2.11. The van der Waals surface area contributed by atoms with Gasteiger partial charge >= 0.3 is 0 Å². The van der Waals surface area contributed by atoms with Crippen LogP contribution in [0.15, 0.2) is 42.7 Å². The number of pyridine rings is 1. The summed E-state index contributed by atoms with van der Waals surface area (Å²) in [4.78, 5) is 15.9. The third kappa shape index (κ3) is 4.21. The fraction of sp³-hybridized carbons (Fsp3) is 0.0667. The number of rotatable bonds is 4. The van der Waals surface area contributed by atoms with Gasteiger partial charge in [-0.2, -0.15) is 0 Å². The number of hydrogen-bond acceptors (Lipinski definition) is 3. The van der Waals surface area contributed by atoms with Crippen molar-refractivity contribution in [3.63, 3.8) is 0 Å². The molecule has 0 bridgehead atoms. The second-order valence-corrected chi connectivity index (χ2v) is 4.99. The lowest BCUT2D eigenvalue weighted by molar-refractivity contribution is -0.111. The average molecular weight is 322 g/mol. The van der Waals surface area contributed by atoms with E-state index in [1.165, 1.54) is 6.08 Å². The Morgan fingerprint density at radius 3 is 2.57 bits per heavy atom. The van der Waals surface area contributed by atoms with Crippen LogP contribution in [-0.4, -0.2) is 17.9 Å². The summed E-state index contributed by atoms with van der Waals surface area (Å²) in [5, 5.41) is 6.50. The molecule has 1 aromatic carbocycles. The molecule has 0 radical (unpaired) electrons. The Balaban J connectivity index is 2.13. The zero-order chi connectivity index (χ0) is 15.2. The lowest BCUT2D eigenvalue weighted by Crippen LogP contribution is -2.09. The molecule has 6 heteroatoms. The molecule has 0 aliphatic carbocycles. The Bertz CT molecular complexity index is 672. The molecule has 1 amide bonds. The van der Waals surface area contributed by atoms with Crippen LogP contribution in [0.2, 0.25) is 10.0 Å². The van der Waals surface area contributed by atoms with Gasteiger partial charge in [0, 0.05) is 25.5 Å². The van der Waals surface area contributed by atoms with Gasteiger partial charge in [0.15, 0.2) is 0 Å². The van der Waals surface area contributed by atoms with Crippen LogP contribution in [0.25, 0.3) is 6.08 Å². The molecule has 0 aliphatic heterocycles. The van der Waals surface area contributed by atoms with Crippen molar-refractivity contribution in [2.24, 2.45) is 0 Å². The molecule has 2 rings (SSSR count). The Kier molecular flexibility index (Phi) is 5.20. The largest absolute Gasteiger partial charge is 0.386 e. The van der Waals surface area contributed by atoms with Gasteiger partial charge < -0.3 is 10.6 Å². The van der Waals surface area contributed by atoms with E-state index in [1.807, 2.05) is 6.07 Å². The maximum atomic E-state index is 11.9. The number of aromatic nitrogens is 1. The van der Waals surface area contributed by atoms with Gasteiger partial charge in [0.1, 0.15) is 0 Å². The van der Waals surface area contributed by atoms with Crippen LogP contribution in [0.1, 0.15) is 5.56 Å². The van der Waals surface area contributed by atoms with Crippen LogP contribution >= 0.6 is 23.2 Å². The molecule has 21 heavy (non-hydrogen) atoms. The highest BCUT2D eigenvalue weighted by atomic mass is 35.5. The van der Waals surface area contributed by atoms with E-state index in [1.54, 1.807) is 43.7 Å². The van der Waals surface area contributed by atoms with E-state index in [9.17, 15) is 4.79 Å². The Hall–Kier alpha value is -2.04. The molecular weight excluding hydrogens is 309 g/mol. The van der Waals surface area contributed by atoms with Crippen LogP contribution in [-0.2, 0) is 4.79 Å². The van der Waals surface area contributed by atoms with Crippen LogP contribution in [0.3, 0.4) is 0 Å². The number of benzene rings is 1. The maximum Gasteiger partial charge on any atom is 0.248 e. The van der Waals surface area contributed by atoms with Crippen molar-refractivity contribution in [3.8, 4) is 0 Å². The van der Waals surface area contributed by atoms with E-state index in [-0.39, 0.29) is 5.91 Å². The number of halogens is 2. The molecule has 108 valence electrons. The second kappa shape index (κ2) is 7.11. The summed E-state index contributed by atoms with van der Waals surface area (Å²) in [5.41, 5.74) is 2.09. The van der Waals surface area contributed by atoms with E-state index >= 15 is 0 Å². The number of carbonyl (C=O) groups is 1. The van der Waals surface area contributed by atoms with Gasteiger partial charge in [0.05, 0.1) is 21.4 Å². The van der Waals surface area contributed by atoms with E-state index in [4.69, 9.17) is 23.2 Å². The minimum Gasteiger partial charge on any atom is -0.386 e. The SMILES string of the molecule is CNc1cc(Cl)c(Cl)cc1NC(=O)/C=C/c1cccnc1. The number of carbonyl (C=O) groups excluding carboxylic acids is 1. The van der Waals surface area contributed by atoms with Crippen molar-refractivity contribution in [2.45, 2.75) is 0 Å².